The van der Waals surface area contributed by atoms with Gasteiger partial charge in [0.25, 0.3) is 0 Å². The Morgan fingerprint density at radius 3 is 2.81 bits per heavy atom. The van der Waals surface area contributed by atoms with Crippen LogP contribution in [0.15, 0.2) is 24.3 Å². The van der Waals surface area contributed by atoms with E-state index >= 15 is 0 Å². The summed E-state index contributed by atoms with van der Waals surface area (Å²) < 4.78 is -0.855. The second-order valence-electron chi connectivity index (χ2n) is 4.06. The maximum Gasteiger partial charge on any atom is 0.230 e. The Balaban J connectivity index is 2.01. The molecule has 4 heteroatoms. The maximum atomic E-state index is 11.7. The van der Waals surface area contributed by atoms with E-state index < -0.39 is 4.33 Å². The summed E-state index contributed by atoms with van der Waals surface area (Å²) in [7, 11) is 0. The Bertz CT molecular complexity index is 417. The fourth-order valence-electron chi connectivity index (χ4n) is 1.60. The zero-order valence-corrected chi connectivity index (χ0v) is 10.5. The fraction of sp³-hybridized carbons (Fsp3) is 0.417. The molecule has 16 heavy (non-hydrogen) atoms. The summed E-state index contributed by atoms with van der Waals surface area (Å²) in [5, 5.41) is 2.83. The third kappa shape index (κ3) is 2.50. The Morgan fingerprint density at radius 1 is 1.56 bits per heavy atom. The van der Waals surface area contributed by atoms with Crippen LogP contribution in [0.4, 0.5) is 5.69 Å². The van der Waals surface area contributed by atoms with Crippen LogP contribution in [-0.4, -0.2) is 10.2 Å². The number of rotatable bonds is 3. The van der Waals surface area contributed by atoms with Crippen LogP contribution in [0.5, 0.6) is 0 Å². The highest BCUT2D eigenvalue weighted by atomic mass is 35.5. The van der Waals surface area contributed by atoms with Crippen LogP contribution >= 0.6 is 23.2 Å². The zero-order chi connectivity index (χ0) is 11.8. The molecular weight excluding hydrogens is 245 g/mol. The highest BCUT2D eigenvalue weighted by Gasteiger charge is 2.56. The van der Waals surface area contributed by atoms with Crippen molar-refractivity contribution in [3.63, 3.8) is 0 Å². The minimum Gasteiger partial charge on any atom is -0.326 e. The van der Waals surface area contributed by atoms with Gasteiger partial charge in [-0.1, -0.05) is 19.1 Å². The molecule has 2 nitrogen and oxygen atoms in total. The molecule has 1 atom stereocenters. The standard InChI is InChI=1S/C12H13Cl2NO/c1-2-8-4-3-5-9(6-8)15-11(16)10-7-12(10,13)14/h3-6,10H,2,7H2,1H3,(H,15,16)/t10-/m0/s1. The third-order valence-electron chi connectivity index (χ3n) is 2.75. The largest absolute Gasteiger partial charge is 0.326 e. The van der Waals surface area contributed by atoms with Gasteiger partial charge < -0.3 is 5.32 Å². The molecule has 1 saturated carbocycles. The first-order chi connectivity index (χ1) is 7.53. The van der Waals surface area contributed by atoms with Crippen molar-refractivity contribution in [2.24, 2.45) is 5.92 Å². The number of hydrogen-bond acceptors (Lipinski definition) is 1. The lowest BCUT2D eigenvalue weighted by atomic mass is 10.1. The number of anilines is 1. The molecule has 0 spiro atoms. The lowest BCUT2D eigenvalue weighted by Crippen LogP contribution is -2.16. The summed E-state index contributed by atoms with van der Waals surface area (Å²) in [6, 6.07) is 7.78. The summed E-state index contributed by atoms with van der Waals surface area (Å²) in [6.07, 6.45) is 1.48. The van der Waals surface area contributed by atoms with Gasteiger partial charge in [-0.2, -0.15) is 0 Å². The molecule has 1 aromatic rings. The van der Waals surface area contributed by atoms with Crippen LogP contribution in [0.3, 0.4) is 0 Å². The fourth-order valence-corrected chi connectivity index (χ4v) is 2.10. The quantitative estimate of drug-likeness (QED) is 0.827. The predicted octanol–water partition coefficient (Wildman–Crippen LogP) is 3.38. The second-order valence-corrected chi connectivity index (χ2v) is 5.60. The first-order valence-corrected chi connectivity index (χ1v) is 6.06. The predicted molar refractivity (Wildman–Crippen MR) is 67.0 cm³/mol. The van der Waals surface area contributed by atoms with E-state index in [-0.39, 0.29) is 11.8 Å². The summed E-state index contributed by atoms with van der Waals surface area (Å²) >= 11 is 11.7. The molecule has 1 aliphatic carbocycles. The van der Waals surface area contributed by atoms with E-state index in [0.29, 0.717) is 6.42 Å². The molecule has 1 fully saturated rings. The van der Waals surface area contributed by atoms with Crippen LogP contribution in [0.25, 0.3) is 0 Å². The molecule has 0 aliphatic heterocycles. The molecule has 0 bridgehead atoms. The number of benzene rings is 1. The van der Waals surface area contributed by atoms with Crippen molar-refractivity contribution in [3.8, 4) is 0 Å². The molecule has 0 aromatic heterocycles. The molecule has 2 rings (SSSR count). The lowest BCUT2D eigenvalue weighted by Gasteiger charge is -2.06. The maximum absolute atomic E-state index is 11.7. The Morgan fingerprint density at radius 2 is 2.25 bits per heavy atom. The molecule has 1 aliphatic rings. The number of hydrogen-bond donors (Lipinski definition) is 1. The number of carbonyl (C=O) groups excluding carboxylic acids is 1. The van der Waals surface area contributed by atoms with Crippen molar-refractivity contribution in [1.82, 2.24) is 0 Å². The van der Waals surface area contributed by atoms with Gasteiger partial charge in [0.15, 0.2) is 0 Å². The highest BCUT2D eigenvalue weighted by molar-refractivity contribution is 6.52. The van der Waals surface area contributed by atoms with Crippen molar-refractivity contribution in [2.45, 2.75) is 24.1 Å². The third-order valence-corrected chi connectivity index (χ3v) is 3.58. The first-order valence-electron chi connectivity index (χ1n) is 5.30. The molecule has 0 radical (unpaired) electrons. The normalized spacial score (nSPS) is 21.6. The summed E-state index contributed by atoms with van der Waals surface area (Å²) in [5.41, 5.74) is 2.00. The van der Waals surface area contributed by atoms with Crippen molar-refractivity contribution in [3.05, 3.63) is 29.8 Å². The molecule has 1 amide bonds. The van der Waals surface area contributed by atoms with Crippen LogP contribution in [-0.2, 0) is 11.2 Å². The molecule has 86 valence electrons. The van der Waals surface area contributed by atoms with Crippen molar-refractivity contribution >= 4 is 34.8 Å². The Kier molecular flexibility index (Phi) is 3.13. The van der Waals surface area contributed by atoms with Gasteiger partial charge in [0.05, 0.1) is 5.92 Å². The monoisotopic (exact) mass is 257 g/mol. The smallest absolute Gasteiger partial charge is 0.230 e. The van der Waals surface area contributed by atoms with Crippen LogP contribution < -0.4 is 5.32 Å². The van der Waals surface area contributed by atoms with E-state index in [4.69, 9.17) is 23.2 Å². The van der Waals surface area contributed by atoms with E-state index in [2.05, 4.69) is 12.2 Å². The number of aryl methyl sites for hydroxylation is 1. The number of alkyl halides is 2. The van der Waals surface area contributed by atoms with Gasteiger partial charge in [0.2, 0.25) is 5.91 Å². The van der Waals surface area contributed by atoms with Gasteiger partial charge in [-0.05, 0) is 30.5 Å². The number of nitrogens with one attached hydrogen (secondary N) is 1. The molecule has 0 heterocycles. The van der Waals surface area contributed by atoms with Crippen molar-refractivity contribution in [1.29, 1.82) is 0 Å². The van der Waals surface area contributed by atoms with E-state index in [1.54, 1.807) is 0 Å². The summed E-state index contributed by atoms with van der Waals surface area (Å²) in [4.78, 5) is 11.7. The van der Waals surface area contributed by atoms with Crippen molar-refractivity contribution in [2.75, 3.05) is 5.32 Å². The molecule has 1 N–H and O–H groups in total. The van der Waals surface area contributed by atoms with Gasteiger partial charge in [0, 0.05) is 5.69 Å². The van der Waals surface area contributed by atoms with E-state index in [1.165, 1.54) is 5.56 Å². The van der Waals surface area contributed by atoms with E-state index in [9.17, 15) is 4.79 Å². The topological polar surface area (TPSA) is 29.1 Å². The molecule has 1 aromatic carbocycles. The number of amides is 1. The van der Waals surface area contributed by atoms with E-state index in [0.717, 1.165) is 12.1 Å². The minimum atomic E-state index is -0.855. The molecule has 0 unspecified atom stereocenters. The molecular formula is C12H13Cl2NO. The average Bonchev–Trinajstić information content (AvgIpc) is 2.88. The van der Waals surface area contributed by atoms with Gasteiger partial charge in [-0.25, -0.2) is 0 Å². The highest BCUT2D eigenvalue weighted by Crippen LogP contribution is 2.53. The van der Waals surface area contributed by atoms with Gasteiger partial charge in [-0.15, -0.1) is 23.2 Å². The van der Waals surface area contributed by atoms with E-state index in [1.807, 2.05) is 24.3 Å². The van der Waals surface area contributed by atoms with Crippen LogP contribution in [0, 0.1) is 5.92 Å². The lowest BCUT2D eigenvalue weighted by molar-refractivity contribution is -0.117. The van der Waals surface area contributed by atoms with Crippen LogP contribution in [0.2, 0.25) is 0 Å². The number of halogens is 2. The molecule has 0 saturated heterocycles. The van der Waals surface area contributed by atoms with Gasteiger partial charge in [-0.3, -0.25) is 4.79 Å². The second kappa shape index (κ2) is 4.27. The van der Waals surface area contributed by atoms with Gasteiger partial charge >= 0.3 is 0 Å². The first kappa shape index (κ1) is 11.7. The van der Waals surface area contributed by atoms with Crippen molar-refractivity contribution < 1.29 is 4.79 Å². The zero-order valence-electron chi connectivity index (χ0n) is 8.97. The summed E-state index contributed by atoms with van der Waals surface area (Å²) in [5.74, 6) is -0.376. The summed E-state index contributed by atoms with van der Waals surface area (Å²) in [6.45, 7) is 2.07. The van der Waals surface area contributed by atoms with Crippen LogP contribution in [0.1, 0.15) is 18.9 Å². The minimum absolute atomic E-state index is 0.0988. The SMILES string of the molecule is CCc1cccc(NC(=O)[C@@H]2CC2(Cl)Cl)c1. The number of carbonyl (C=O) groups is 1. The average molecular weight is 258 g/mol. The van der Waals surface area contributed by atoms with Gasteiger partial charge in [0.1, 0.15) is 4.33 Å². The Labute approximate surface area is 105 Å². The Hall–Kier alpha value is -0.730.